The predicted molar refractivity (Wildman–Crippen MR) is 81.2 cm³/mol. The van der Waals surface area contributed by atoms with E-state index in [-0.39, 0.29) is 5.54 Å². The van der Waals surface area contributed by atoms with Crippen LogP contribution in [0.4, 0.5) is 0 Å². The van der Waals surface area contributed by atoms with Crippen molar-refractivity contribution >= 4 is 11.6 Å². The molecule has 1 aliphatic carbocycles. The zero-order valence-electron chi connectivity index (χ0n) is 11.4. The minimum Gasteiger partial charge on any atom is -0.490 e. The minimum absolute atomic E-state index is 0.159. The van der Waals surface area contributed by atoms with Gasteiger partial charge in [0.05, 0.1) is 11.7 Å². The average molecular weight is 289 g/mol. The molecule has 3 nitrogen and oxygen atoms in total. The first-order valence-corrected chi connectivity index (χ1v) is 7.13. The summed E-state index contributed by atoms with van der Waals surface area (Å²) in [5.41, 5.74) is 2.11. The molecule has 4 heteroatoms. The van der Waals surface area contributed by atoms with Crippen LogP contribution < -0.4 is 10.1 Å². The monoisotopic (exact) mass is 288 g/mol. The lowest BCUT2D eigenvalue weighted by Crippen LogP contribution is -2.33. The van der Waals surface area contributed by atoms with Gasteiger partial charge in [0.25, 0.3) is 0 Å². The van der Waals surface area contributed by atoms with E-state index in [0.717, 1.165) is 29.7 Å². The van der Waals surface area contributed by atoms with Gasteiger partial charge in [-0.2, -0.15) is 0 Å². The summed E-state index contributed by atoms with van der Waals surface area (Å²) in [5.74, 6) is 0.759. The molecule has 1 aliphatic rings. The van der Waals surface area contributed by atoms with Gasteiger partial charge in [0.2, 0.25) is 0 Å². The van der Waals surface area contributed by atoms with E-state index >= 15 is 0 Å². The van der Waals surface area contributed by atoms with Gasteiger partial charge >= 0.3 is 0 Å². The van der Waals surface area contributed by atoms with E-state index in [9.17, 15) is 0 Å². The van der Waals surface area contributed by atoms with Crippen LogP contribution in [-0.4, -0.2) is 24.2 Å². The smallest absolute Gasteiger partial charge is 0.138 e. The molecule has 1 heterocycles. The number of rotatable bonds is 5. The van der Waals surface area contributed by atoms with Crippen LogP contribution in [0, 0.1) is 0 Å². The van der Waals surface area contributed by atoms with Crippen LogP contribution in [0.15, 0.2) is 42.6 Å². The van der Waals surface area contributed by atoms with Crippen molar-refractivity contribution in [3.63, 3.8) is 0 Å². The second-order valence-electron chi connectivity index (χ2n) is 5.19. The maximum Gasteiger partial charge on any atom is 0.138 e. The van der Waals surface area contributed by atoms with E-state index in [1.807, 2.05) is 43.4 Å². The Morgan fingerprint density at radius 2 is 2.05 bits per heavy atom. The van der Waals surface area contributed by atoms with Crippen molar-refractivity contribution in [1.82, 2.24) is 10.3 Å². The highest BCUT2D eigenvalue weighted by Crippen LogP contribution is 2.36. The van der Waals surface area contributed by atoms with E-state index in [1.54, 1.807) is 6.20 Å². The molecule has 0 spiro atoms. The molecule has 1 saturated carbocycles. The van der Waals surface area contributed by atoms with Crippen LogP contribution in [0.25, 0.3) is 11.1 Å². The van der Waals surface area contributed by atoms with Gasteiger partial charge in [-0.15, -0.1) is 0 Å². The second kappa shape index (κ2) is 5.43. The summed E-state index contributed by atoms with van der Waals surface area (Å²) in [6.45, 7) is 0.668. The van der Waals surface area contributed by atoms with Crippen LogP contribution in [0.3, 0.4) is 0 Å². The van der Waals surface area contributed by atoms with E-state index in [2.05, 4.69) is 10.3 Å². The van der Waals surface area contributed by atoms with Crippen LogP contribution in [0.5, 0.6) is 5.75 Å². The lowest BCUT2D eigenvalue weighted by atomic mass is 10.1. The van der Waals surface area contributed by atoms with Crippen LogP contribution >= 0.6 is 11.6 Å². The molecule has 20 heavy (non-hydrogen) atoms. The maximum atomic E-state index is 6.18. The molecular weight excluding hydrogens is 272 g/mol. The first-order chi connectivity index (χ1) is 9.72. The molecule has 3 rings (SSSR count). The van der Waals surface area contributed by atoms with Gasteiger partial charge in [0.1, 0.15) is 17.5 Å². The Bertz CT molecular complexity index is 597. The Labute approximate surface area is 123 Å². The summed E-state index contributed by atoms with van der Waals surface area (Å²) in [4.78, 5) is 4.22. The highest BCUT2D eigenvalue weighted by atomic mass is 35.5. The summed E-state index contributed by atoms with van der Waals surface area (Å²) < 4.78 is 5.86. The summed E-state index contributed by atoms with van der Waals surface area (Å²) in [6.07, 6.45) is 4.01. The quantitative estimate of drug-likeness (QED) is 0.855. The fourth-order valence-electron chi connectivity index (χ4n) is 2.17. The summed E-state index contributed by atoms with van der Waals surface area (Å²) in [7, 11) is 1.98. The SMILES string of the molecule is CNC1(COc2cnc(Cl)c(-c3ccccc3)c2)CC1. The van der Waals surface area contributed by atoms with Crippen molar-refractivity contribution in [2.45, 2.75) is 18.4 Å². The van der Waals surface area contributed by atoms with E-state index in [1.165, 1.54) is 0 Å². The molecule has 0 aliphatic heterocycles. The molecule has 104 valence electrons. The fraction of sp³-hybridized carbons (Fsp3) is 0.312. The molecule has 0 radical (unpaired) electrons. The Balaban J connectivity index is 1.80. The lowest BCUT2D eigenvalue weighted by Gasteiger charge is -2.15. The first-order valence-electron chi connectivity index (χ1n) is 6.75. The summed E-state index contributed by atoms with van der Waals surface area (Å²) in [5, 5.41) is 3.81. The summed E-state index contributed by atoms with van der Waals surface area (Å²) >= 11 is 6.18. The Kier molecular flexibility index (Phi) is 3.64. The molecule has 0 saturated heterocycles. The van der Waals surface area contributed by atoms with Crippen LogP contribution in [-0.2, 0) is 0 Å². The van der Waals surface area contributed by atoms with E-state index in [4.69, 9.17) is 16.3 Å². The van der Waals surface area contributed by atoms with Gasteiger partial charge in [0.15, 0.2) is 0 Å². The zero-order chi connectivity index (χ0) is 14.0. The fourth-order valence-corrected chi connectivity index (χ4v) is 2.38. The standard InChI is InChI=1S/C16H17ClN2O/c1-18-16(7-8-16)11-20-13-9-14(15(17)19-10-13)12-5-3-2-4-6-12/h2-6,9-10,18H,7-8,11H2,1H3. The van der Waals surface area contributed by atoms with Crippen molar-refractivity contribution in [3.05, 3.63) is 47.7 Å². The molecule has 0 bridgehead atoms. The van der Waals surface area contributed by atoms with Crippen molar-refractivity contribution < 1.29 is 4.74 Å². The number of aromatic nitrogens is 1. The number of ether oxygens (including phenoxy) is 1. The maximum absolute atomic E-state index is 6.18. The van der Waals surface area contributed by atoms with Crippen LogP contribution in [0.1, 0.15) is 12.8 Å². The topological polar surface area (TPSA) is 34.1 Å². The molecule has 1 N–H and O–H groups in total. The molecule has 1 fully saturated rings. The number of nitrogens with zero attached hydrogens (tertiary/aromatic N) is 1. The minimum atomic E-state index is 0.159. The zero-order valence-corrected chi connectivity index (χ0v) is 12.2. The number of likely N-dealkylation sites (N-methyl/N-ethyl adjacent to an activating group) is 1. The number of benzene rings is 1. The van der Waals surface area contributed by atoms with Gasteiger partial charge in [-0.25, -0.2) is 4.98 Å². The molecular formula is C16H17ClN2O. The normalized spacial score (nSPS) is 15.9. The number of nitrogens with one attached hydrogen (secondary N) is 1. The third-order valence-electron chi connectivity index (χ3n) is 3.80. The van der Waals surface area contributed by atoms with Gasteiger partial charge < -0.3 is 10.1 Å². The van der Waals surface area contributed by atoms with Gasteiger partial charge in [0, 0.05) is 5.56 Å². The third-order valence-corrected chi connectivity index (χ3v) is 4.10. The highest BCUT2D eigenvalue weighted by Gasteiger charge is 2.41. The molecule has 0 unspecified atom stereocenters. The molecule has 0 amide bonds. The Morgan fingerprint density at radius 1 is 1.30 bits per heavy atom. The Hall–Kier alpha value is -1.58. The third kappa shape index (κ3) is 2.79. The highest BCUT2D eigenvalue weighted by molar-refractivity contribution is 6.32. The molecule has 1 aromatic heterocycles. The van der Waals surface area contributed by atoms with Crippen LogP contribution in [0.2, 0.25) is 5.15 Å². The molecule has 2 aromatic rings. The number of halogens is 1. The first kappa shape index (κ1) is 13.4. The number of hydrogen-bond acceptors (Lipinski definition) is 3. The average Bonchev–Trinajstić information content (AvgIpc) is 3.28. The van der Waals surface area contributed by atoms with Gasteiger partial charge in [-0.1, -0.05) is 41.9 Å². The van der Waals surface area contributed by atoms with Crippen molar-refractivity contribution in [2.75, 3.05) is 13.7 Å². The second-order valence-corrected chi connectivity index (χ2v) is 5.55. The lowest BCUT2D eigenvalue weighted by molar-refractivity contribution is 0.259. The molecule has 1 aromatic carbocycles. The van der Waals surface area contributed by atoms with E-state index < -0.39 is 0 Å². The largest absolute Gasteiger partial charge is 0.490 e. The van der Waals surface area contributed by atoms with Gasteiger partial charge in [-0.3, -0.25) is 0 Å². The number of hydrogen-bond donors (Lipinski definition) is 1. The number of pyridine rings is 1. The van der Waals surface area contributed by atoms with Crippen molar-refractivity contribution in [3.8, 4) is 16.9 Å². The summed E-state index contributed by atoms with van der Waals surface area (Å²) in [6, 6.07) is 11.9. The predicted octanol–water partition coefficient (Wildman–Crippen LogP) is 3.53. The van der Waals surface area contributed by atoms with E-state index in [0.29, 0.717) is 11.8 Å². The van der Waals surface area contributed by atoms with Gasteiger partial charge in [-0.05, 0) is 31.5 Å². The molecule has 0 atom stereocenters. The van der Waals surface area contributed by atoms with Crippen molar-refractivity contribution in [2.24, 2.45) is 0 Å². The van der Waals surface area contributed by atoms with Crippen molar-refractivity contribution in [1.29, 1.82) is 0 Å². The Morgan fingerprint density at radius 3 is 2.70 bits per heavy atom.